The number of hydrogen-bond donors (Lipinski definition) is 0. The number of carbonyl (C=O) groups excluding carboxylic acids is 2. The monoisotopic (exact) mass is 254 g/mol. The second kappa shape index (κ2) is 15.0. The van der Waals surface area contributed by atoms with Gasteiger partial charge in [0.2, 0.25) is 5.92 Å². The molecule has 3 nitrogen and oxygen atoms in total. The van der Waals surface area contributed by atoms with Crippen molar-refractivity contribution in [3.05, 3.63) is 0 Å². The Morgan fingerprint density at radius 1 is 1.29 bits per heavy atom. The minimum atomic E-state index is -2.45. The van der Waals surface area contributed by atoms with Gasteiger partial charge in [-0.1, -0.05) is 33.6 Å². The standard InChI is InChI=1S/C6H12F2.C3H4O3.C3H8/c1-3-4-5-6(2,7)8;1-3(5)6-2-4;1-3-2/h3-5H2,1-2H3;2H,1H3;3H2,1-2H3. The second-order valence-corrected chi connectivity index (χ2v) is 3.59. The van der Waals surface area contributed by atoms with E-state index in [0.29, 0.717) is 6.42 Å². The van der Waals surface area contributed by atoms with Crippen molar-refractivity contribution in [1.82, 2.24) is 0 Å². The van der Waals surface area contributed by atoms with Crippen molar-refractivity contribution in [3.63, 3.8) is 0 Å². The van der Waals surface area contributed by atoms with Crippen molar-refractivity contribution in [1.29, 1.82) is 0 Å². The first kappa shape index (κ1) is 21.3. The van der Waals surface area contributed by atoms with Crippen molar-refractivity contribution in [2.24, 2.45) is 0 Å². The summed E-state index contributed by atoms with van der Waals surface area (Å²) in [5, 5.41) is 0. The molecule has 0 heterocycles. The molecule has 0 spiro atoms. The van der Waals surface area contributed by atoms with E-state index >= 15 is 0 Å². The van der Waals surface area contributed by atoms with Crippen molar-refractivity contribution in [2.75, 3.05) is 0 Å². The summed E-state index contributed by atoms with van der Waals surface area (Å²) < 4.78 is 27.5. The number of hydrogen-bond acceptors (Lipinski definition) is 3. The molecular weight excluding hydrogens is 230 g/mol. The largest absolute Gasteiger partial charge is 0.396 e. The van der Waals surface area contributed by atoms with Gasteiger partial charge in [0.25, 0.3) is 0 Å². The van der Waals surface area contributed by atoms with Crippen LogP contribution in [0.4, 0.5) is 8.78 Å². The Kier molecular flexibility index (Phi) is 18.8. The molecule has 0 amide bonds. The molecule has 0 saturated heterocycles. The van der Waals surface area contributed by atoms with Gasteiger partial charge >= 0.3 is 12.4 Å². The molecule has 0 bridgehead atoms. The van der Waals surface area contributed by atoms with Gasteiger partial charge in [0, 0.05) is 13.3 Å². The van der Waals surface area contributed by atoms with Gasteiger partial charge in [0.05, 0.1) is 0 Å². The minimum absolute atomic E-state index is 0.0312. The first-order valence-corrected chi connectivity index (χ1v) is 5.73. The molecule has 0 rings (SSSR count). The lowest BCUT2D eigenvalue weighted by atomic mass is 10.2. The number of unbranched alkanes of at least 4 members (excludes halogenated alkanes) is 1. The Bertz CT molecular complexity index is 177. The average Bonchev–Trinajstić information content (AvgIpc) is 2.15. The molecule has 0 aromatic carbocycles. The van der Waals surface area contributed by atoms with Crippen LogP contribution in [-0.2, 0) is 14.3 Å². The van der Waals surface area contributed by atoms with E-state index in [1.54, 1.807) is 0 Å². The SMILES string of the molecule is CC(=O)OC=O.CCC.CCCCC(C)(F)F. The fourth-order valence-corrected chi connectivity index (χ4v) is 0.555. The van der Waals surface area contributed by atoms with Crippen molar-refractivity contribution >= 4 is 12.4 Å². The summed E-state index contributed by atoms with van der Waals surface area (Å²) in [5.74, 6) is -3.03. The molecule has 0 saturated carbocycles. The van der Waals surface area contributed by atoms with Crippen LogP contribution in [0.25, 0.3) is 0 Å². The number of rotatable bonds is 4. The van der Waals surface area contributed by atoms with Crippen LogP contribution >= 0.6 is 0 Å². The topological polar surface area (TPSA) is 43.4 Å². The van der Waals surface area contributed by atoms with Crippen LogP contribution in [0, 0.1) is 0 Å². The Morgan fingerprint density at radius 2 is 1.71 bits per heavy atom. The number of alkyl halides is 2. The second-order valence-electron chi connectivity index (χ2n) is 3.59. The normalized spacial score (nSPS) is 9.12. The van der Waals surface area contributed by atoms with Crippen LogP contribution in [0.5, 0.6) is 0 Å². The van der Waals surface area contributed by atoms with E-state index < -0.39 is 11.9 Å². The maximum absolute atomic E-state index is 11.9. The Hall–Kier alpha value is -1.00. The van der Waals surface area contributed by atoms with E-state index in [2.05, 4.69) is 18.6 Å². The quantitative estimate of drug-likeness (QED) is 0.433. The first-order chi connectivity index (χ1) is 7.74. The molecule has 17 heavy (non-hydrogen) atoms. The van der Waals surface area contributed by atoms with Crippen LogP contribution in [0.1, 0.15) is 60.3 Å². The minimum Gasteiger partial charge on any atom is -0.396 e. The summed E-state index contributed by atoms with van der Waals surface area (Å²) in [6, 6.07) is 0. The third-order valence-corrected chi connectivity index (χ3v) is 1.18. The zero-order valence-electron chi connectivity index (χ0n) is 11.4. The molecule has 0 N–H and O–H groups in total. The summed E-state index contributed by atoms with van der Waals surface area (Å²) in [4.78, 5) is 18.8. The number of esters is 1. The van der Waals surface area contributed by atoms with E-state index in [1.165, 1.54) is 6.42 Å². The van der Waals surface area contributed by atoms with Crippen LogP contribution in [-0.4, -0.2) is 18.4 Å². The smallest absolute Gasteiger partial charge is 0.310 e. The maximum atomic E-state index is 11.9. The van der Waals surface area contributed by atoms with Crippen molar-refractivity contribution < 1.29 is 23.1 Å². The lowest BCUT2D eigenvalue weighted by Gasteiger charge is -2.06. The molecule has 5 heteroatoms. The van der Waals surface area contributed by atoms with Gasteiger partial charge in [0.1, 0.15) is 0 Å². The third kappa shape index (κ3) is 51.7. The van der Waals surface area contributed by atoms with Crippen molar-refractivity contribution in [2.45, 2.75) is 66.2 Å². The number of halogens is 2. The van der Waals surface area contributed by atoms with Gasteiger partial charge in [-0.2, -0.15) is 0 Å². The van der Waals surface area contributed by atoms with Gasteiger partial charge in [-0.3, -0.25) is 9.59 Å². The molecular formula is C12H24F2O3. The first-order valence-electron chi connectivity index (χ1n) is 5.73. The summed E-state index contributed by atoms with van der Waals surface area (Å²) in [6.45, 7) is 8.38. The van der Waals surface area contributed by atoms with E-state index in [9.17, 15) is 18.4 Å². The molecule has 0 fully saturated rings. The Morgan fingerprint density at radius 3 is 1.76 bits per heavy atom. The molecule has 0 radical (unpaired) electrons. The Labute approximate surface area is 103 Å². The summed E-state index contributed by atoms with van der Waals surface area (Å²) in [6.07, 6.45) is 2.76. The number of carbonyl (C=O) groups is 2. The molecule has 0 aliphatic heterocycles. The highest BCUT2D eigenvalue weighted by atomic mass is 19.3. The highest BCUT2D eigenvalue weighted by Crippen LogP contribution is 2.18. The maximum Gasteiger partial charge on any atom is 0.310 e. The summed E-state index contributed by atoms with van der Waals surface area (Å²) in [5.41, 5.74) is 0. The lowest BCUT2D eigenvalue weighted by Crippen LogP contribution is -2.07. The molecule has 0 aliphatic carbocycles. The van der Waals surface area contributed by atoms with Gasteiger partial charge in [-0.05, 0) is 13.3 Å². The van der Waals surface area contributed by atoms with E-state index in [-0.39, 0.29) is 12.9 Å². The molecule has 0 aromatic heterocycles. The fraction of sp³-hybridized carbons (Fsp3) is 0.833. The van der Waals surface area contributed by atoms with Gasteiger partial charge in [-0.25, -0.2) is 8.78 Å². The molecule has 0 atom stereocenters. The zero-order valence-corrected chi connectivity index (χ0v) is 11.4. The van der Waals surface area contributed by atoms with Crippen LogP contribution in [0.2, 0.25) is 0 Å². The average molecular weight is 254 g/mol. The molecule has 104 valence electrons. The Balaban J connectivity index is -0.000000193. The van der Waals surface area contributed by atoms with Gasteiger partial charge in [-0.15, -0.1) is 0 Å². The van der Waals surface area contributed by atoms with Crippen LogP contribution < -0.4 is 0 Å². The molecule has 0 aliphatic rings. The highest BCUT2D eigenvalue weighted by molar-refractivity contribution is 5.73. The molecule has 0 aromatic rings. The van der Waals surface area contributed by atoms with Crippen molar-refractivity contribution in [3.8, 4) is 0 Å². The highest BCUT2D eigenvalue weighted by Gasteiger charge is 2.18. The fourth-order valence-electron chi connectivity index (χ4n) is 0.555. The molecule has 0 unspecified atom stereocenters. The summed E-state index contributed by atoms with van der Waals surface area (Å²) in [7, 11) is 0. The van der Waals surface area contributed by atoms with E-state index in [0.717, 1.165) is 20.3 Å². The summed E-state index contributed by atoms with van der Waals surface area (Å²) >= 11 is 0. The van der Waals surface area contributed by atoms with Gasteiger partial charge in [0.15, 0.2) is 0 Å². The van der Waals surface area contributed by atoms with E-state index in [4.69, 9.17) is 0 Å². The van der Waals surface area contributed by atoms with Gasteiger partial charge < -0.3 is 4.74 Å². The predicted octanol–water partition coefficient (Wildman–Crippen LogP) is 3.95. The zero-order chi connectivity index (χ0) is 14.3. The number of ether oxygens (including phenoxy) is 1. The van der Waals surface area contributed by atoms with E-state index in [1.807, 2.05) is 6.92 Å². The third-order valence-electron chi connectivity index (χ3n) is 1.18. The predicted molar refractivity (Wildman–Crippen MR) is 63.9 cm³/mol. The lowest BCUT2D eigenvalue weighted by molar-refractivity contribution is -0.149. The van der Waals surface area contributed by atoms with Crippen LogP contribution in [0.15, 0.2) is 0 Å². The van der Waals surface area contributed by atoms with Crippen LogP contribution in [0.3, 0.4) is 0 Å².